The SMILES string of the molecule is CCCCCNC(=O)Nc1cc(C(=O)O)ccc1Br. The van der Waals surface area contributed by atoms with Crippen molar-refractivity contribution < 1.29 is 14.7 Å². The highest BCUT2D eigenvalue weighted by atomic mass is 79.9. The molecule has 0 heterocycles. The Kier molecular flexibility index (Phi) is 6.35. The molecule has 1 rings (SSSR count). The minimum Gasteiger partial charge on any atom is -0.478 e. The van der Waals surface area contributed by atoms with Crippen LogP contribution in [0.3, 0.4) is 0 Å². The summed E-state index contributed by atoms with van der Waals surface area (Å²) in [6, 6.07) is 4.14. The van der Waals surface area contributed by atoms with E-state index in [1.54, 1.807) is 6.07 Å². The van der Waals surface area contributed by atoms with Crippen molar-refractivity contribution >= 4 is 33.6 Å². The molecule has 0 aliphatic carbocycles. The molecule has 0 unspecified atom stereocenters. The Bertz CT molecular complexity index is 463. The lowest BCUT2D eigenvalue weighted by atomic mass is 10.2. The zero-order chi connectivity index (χ0) is 14.3. The highest BCUT2D eigenvalue weighted by Gasteiger charge is 2.09. The van der Waals surface area contributed by atoms with E-state index in [1.165, 1.54) is 12.1 Å². The average molecular weight is 329 g/mol. The van der Waals surface area contributed by atoms with Gasteiger partial charge in [0.25, 0.3) is 0 Å². The van der Waals surface area contributed by atoms with Crippen molar-refractivity contribution in [2.24, 2.45) is 0 Å². The molecule has 0 aliphatic heterocycles. The molecule has 0 aromatic heterocycles. The van der Waals surface area contributed by atoms with Crippen molar-refractivity contribution in [1.29, 1.82) is 0 Å². The van der Waals surface area contributed by atoms with Crippen molar-refractivity contribution in [3.63, 3.8) is 0 Å². The summed E-state index contributed by atoms with van der Waals surface area (Å²) in [5.74, 6) is -1.03. The number of hydrogen-bond acceptors (Lipinski definition) is 2. The van der Waals surface area contributed by atoms with Gasteiger partial charge in [-0.1, -0.05) is 19.8 Å². The molecule has 6 heteroatoms. The zero-order valence-electron chi connectivity index (χ0n) is 10.7. The second-order valence-corrected chi connectivity index (χ2v) is 4.94. The number of rotatable bonds is 6. The fraction of sp³-hybridized carbons (Fsp3) is 0.385. The van der Waals surface area contributed by atoms with Crippen LogP contribution in [0.5, 0.6) is 0 Å². The quantitative estimate of drug-likeness (QED) is 0.700. The van der Waals surface area contributed by atoms with Crippen LogP contribution in [0.15, 0.2) is 22.7 Å². The molecule has 104 valence electrons. The van der Waals surface area contributed by atoms with Crippen molar-refractivity contribution in [3.05, 3.63) is 28.2 Å². The number of carbonyl (C=O) groups excluding carboxylic acids is 1. The minimum absolute atomic E-state index is 0.129. The Morgan fingerprint density at radius 2 is 2.05 bits per heavy atom. The first-order valence-electron chi connectivity index (χ1n) is 6.12. The van der Waals surface area contributed by atoms with Crippen LogP contribution in [0.1, 0.15) is 36.5 Å². The van der Waals surface area contributed by atoms with Crippen LogP contribution in [-0.4, -0.2) is 23.7 Å². The summed E-state index contributed by atoms with van der Waals surface area (Å²) in [5, 5.41) is 14.2. The summed E-state index contributed by atoms with van der Waals surface area (Å²) in [4.78, 5) is 22.5. The molecule has 3 N–H and O–H groups in total. The lowest BCUT2D eigenvalue weighted by Gasteiger charge is -2.09. The highest BCUT2D eigenvalue weighted by molar-refractivity contribution is 9.10. The van der Waals surface area contributed by atoms with Gasteiger partial charge in [0.2, 0.25) is 0 Å². The van der Waals surface area contributed by atoms with E-state index in [9.17, 15) is 9.59 Å². The number of unbranched alkanes of at least 4 members (excludes halogenated alkanes) is 2. The average Bonchev–Trinajstić information content (AvgIpc) is 2.37. The predicted octanol–water partition coefficient (Wildman–Crippen LogP) is 3.46. The van der Waals surface area contributed by atoms with E-state index in [1.807, 2.05) is 0 Å². The number of carboxylic acids is 1. The molecular formula is C13H17BrN2O3. The Hall–Kier alpha value is -1.56. The van der Waals surface area contributed by atoms with Gasteiger partial charge in [-0.3, -0.25) is 0 Å². The number of anilines is 1. The van der Waals surface area contributed by atoms with Gasteiger partial charge >= 0.3 is 12.0 Å². The zero-order valence-corrected chi connectivity index (χ0v) is 12.3. The second kappa shape index (κ2) is 7.78. The Morgan fingerprint density at radius 1 is 1.32 bits per heavy atom. The van der Waals surface area contributed by atoms with Gasteiger partial charge in [-0.2, -0.15) is 0 Å². The van der Waals surface area contributed by atoms with E-state index in [-0.39, 0.29) is 11.6 Å². The third kappa shape index (κ3) is 5.30. The molecule has 19 heavy (non-hydrogen) atoms. The molecule has 1 aromatic rings. The summed E-state index contributed by atoms with van der Waals surface area (Å²) in [6.07, 6.45) is 3.09. The molecule has 5 nitrogen and oxygen atoms in total. The summed E-state index contributed by atoms with van der Waals surface area (Å²) >= 11 is 3.27. The third-order valence-corrected chi connectivity index (χ3v) is 3.22. The Labute approximate surface area is 120 Å². The molecule has 2 amide bonds. The Morgan fingerprint density at radius 3 is 2.68 bits per heavy atom. The van der Waals surface area contributed by atoms with E-state index in [2.05, 4.69) is 33.5 Å². The van der Waals surface area contributed by atoms with Crippen LogP contribution < -0.4 is 10.6 Å². The number of halogens is 1. The number of hydrogen-bond donors (Lipinski definition) is 3. The maximum absolute atomic E-state index is 11.6. The standard InChI is InChI=1S/C13H17BrN2O3/c1-2-3-4-7-15-13(19)16-11-8-9(12(17)18)5-6-10(11)14/h5-6,8H,2-4,7H2,1H3,(H,17,18)(H2,15,16,19). The molecule has 1 aromatic carbocycles. The molecule has 0 saturated heterocycles. The number of nitrogens with one attached hydrogen (secondary N) is 2. The van der Waals surface area contributed by atoms with Crippen LogP contribution in [0, 0.1) is 0 Å². The van der Waals surface area contributed by atoms with E-state index in [0.717, 1.165) is 19.3 Å². The van der Waals surface area contributed by atoms with Crippen molar-refractivity contribution in [3.8, 4) is 0 Å². The van der Waals surface area contributed by atoms with Crippen molar-refractivity contribution in [2.75, 3.05) is 11.9 Å². The molecule has 0 fully saturated rings. The smallest absolute Gasteiger partial charge is 0.335 e. The van der Waals surface area contributed by atoms with Crippen LogP contribution in [0.25, 0.3) is 0 Å². The van der Waals surface area contributed by atoms with E-state index < -0.39 is 5.97 Å². The van der Waals surface area contributed by atoms with Gasteiger partial charge in [-0.15, -0.1) is 0 Å². The molecule has 0 saturated carbocycles. The largest absolute Gasteiger partial charge is 0.478 e. The van der Waals surface area contributed by atoms with Gasteiger partial charge in [0.1, 0.15) is 0 Å². The predicted molar refractivity (Wildman–Crippen MR) is 77.6 cm³/mol. The molecular weight excluding hydrogens is 312 g/mol. The van der Waals surface area contributed by atoms with Gasteiger partial charge in [0.15, 0.2) is 0 Å². The second-order valence-electron chi connectivity index (χ2n) is 4.09. The summed E-state index contributed by atoms with van der Waals surface area (Å²) in [5.41, 5.74) is 0.567. The maximum Gasteiger partial charge on any atom is 0.335 e. The number of aromatic carboxylic acids is 1. The number of carboxylic acid groups (broad SMARTS) is 1. The van der Waals surface area contributed by atoms with Crippen molar-refractivity contribution in [1.82, 2.24) is 5.32 Å². The fourth-order valence-electron chi connectivity index (χ4n) is 1.50. The number of benzene rings is 1. The van der Waals surface area contributed by atoms with Gasteiger partial charge < -0.3 is 15.7 Å². The highest BCUT2D eigenvalue weighted by Crippen LogP contribution is 2.23. The normalized spacial score (nSPS) is 10.0. The van der Waals surface area contributed by atoms with E-state index in [0.29, 0.717) is 16.7 Å². The van der Waals surface area contributed by atoms with Gasteiger partial charge in [-0.25, -0.2) is 9.59 Å². The third-order valence-electron chi connectivity index (χ3n) is 2.53. The van der Waals surface area contributed by atoms with Gasteiger partial charge in [0.05, 0.1) is 11.3 Å². The first-order chi connectivity index (χ1) is 9.04. The first-order valence-corrected chi connectivity index (χ1v) is 6.91. The summed E-state index contributed by atoms with van der Waals surface area (Å²) in [6.45, 7) is 2.70. The molecule has 0 spiro atoms. The number of carbonyl (C=O) groups is 2. The summed E-state index contributed by atoms with van der Waals surface area (Å²) in [7, 11) is 0. The Balaban J connectivity index is 2.58. The molecule has 0 atom stereocenters. The molecule has 0 radical (unpaired) electrons. The fourth-order valence-corrected chi connectivity index (χ4v) is 1.84. The number of amides is 2. The number of urea groups is 1. The van der Waals surface area contributed by atoms with Crippen LogP contribution >= 0.6 is 15.9 Å². The lowest BCUT2D eigenvalue weighted by molar-refractivity contribution is 0.0697. The van der Waals surface area contributed by atoms with E-state index >= 15 is 0 Å². The van der Waals surface area contributed by atoms with Crippen LogP contribution in [0.2, 0.25) is 0 Å². The van der Waals surface area contributed by atoms with E-state index in [4.69, 9.17) is 5.11 Å². The van der Waals surface area contributed by atoms with Gasteiger partial charge in [0, 0.05) is 11.0 Å². The van der Waals surface area contributed by atoms with Gasteiger partial charge in [-0.05, 0) is 40.5 Å². The monoisotopic (exact) mass is 328 g/mol. The topological polar surface area (TPSA) is 78.4 Å². The van der Waals surface area contributed by atoms with Crippen molar-refractivity contribution in [2.45, 2.75) is 26.2 Å². The minimum atomic E-state index is -1.03. The van der Waals surface area contributed by atoms with Crippen LogP contribution in [0.4, 0.5) is 10.5 Å². The maximum atomic E-state index is 11.6. The first kappa shape index (κ1) is 15.5. The summed E-state index contributed by atoms with van der Waals surface area (Å²) < 4.78 is 0.640. The molecule has 0 bridgehead atoms. The lowest BCUT2D eigenvalue weighted by Crippen LogP contribution is -2.29. The van der Waals surface area contributed by atoms with Crippen LogP contribution in [-0.2, 0) is 0 Å². The molecule has 0 aliphatic rings.